The number of likely N-dealkylation sites (tertiary alicyclic amines) is 1. The van der Waals surface area contributed by atoms with Crippen molar-refractivity contribution in [2.24, 2.45) is 12.5 Å². The Morgan fingerprint density at radius 3 is 2.57 bits per heavy atom. The van der Waals surface area contributed by atoms with Gasteiger partial charge in [0.05, 0.1) is 23.6 Å². The Morgan fingerprint density at radius 1 is 1.37 bits per heavy atom. The standard InChI is InChI=1S/C19H28ClN7O3/c1-10-14(16(20)25(6)23-10)12-9-27(24-22-12)15(19(2,3)4)18(30)26-8-11(28)7-13(26)17(29)21-5/h9,11,13,15,28H,7-8H2,1-6H3,(H,21,29)/t11?,13?,15-/m1/s1. The minimum absolute atomic E-state index is 0.0958. The predicted octanol–water partition coefficient (Wildman–Crippen LogP) is 0.935. The van der Waals surface area contributed by atoms with Crippen LogP contribution in [0.1, 0.15) is 38.9 Å². The van der Waals surface area contributed by atoms with Crippen molar-refractivity contribution < 1.29 is 14.7 Å². The van der Waals surface area contributed by atoms with E-state index in [0.717, 1.165) is 0 Å². The molecule has 1 aliphatic heterocycles. The molecule has 30 heavy (non-hydrogen) atoms. The fourth-order valence-corrected chi connectivity index (χ4v) is 4.22. The summed E-state index contributed by atoms with van der Waals surface area (Å²) in [5.74, 6) is -0.595. The molecule has 164 valence electrons. The van der Waals surface area contributed by atoms with Crippen LogP contribution in [0.2, 0.25) is 5.15 Å². The number of nitrogens with zero attached hydrogens (tertiary/aromatic N) is 6. The van der Waals surface area contributed by atoms with Gasteiger partial charge in [-0.2, -0.15) is 5.10 Å². The van der Waals surface area contributed by atoms with Gasteiger partial charge in [0.2, 0.25) is 11.8 Å². The lowest BCUT2D eigenvalue weighted by Gasteiger charge is -2.34. The summed E-state index contributed by atoms with van der Waals surface area (Å²) in [7, 11) is 3.25. The second-order valence-corrected chi connectivity index (χ2v) is 9.10. The Kier molecular flexibility index (Phi) is 5.92. The van der Waals surface area contributed by atoms with Crippen molar-refractivity contribution >= 4 is 23.4 Å². The van der Waals surface area contributed by atoms with E-state index in [-0.39, 0.29) is 24.8 Å². The third-order valence-corrected chi connectivity index (χ3v) is 5.78. The van der Waals surface area contributed by atoms with E-state index in [1.54, 1.807) is 17.9 Å². The van der Waals surface area contributed by atoms with Crippen LogP contribution in [-0.2, 0) is 16.6 Å². The summed E-state index contributed by atoms with van der Waals surface area (Å²) in [6.07, 6.45) is 1.13. The summed E-state index contributed by atoms with van der Waals surface area (Å²) >= 11 is 6.36. The fraction of sp³-hybridized carbons (Fsp3) is 0.632. The number of nitrogens with one attached hydrogen (secondary N) is 1. The molecule has 0 aliphatic carbocycles. The summed E-state index contributed by atoms with van der Waals surface area (Å²) in [5, 5.41) is 25.8. The summed E-state index contributed by atoms with van der Waals surface area (Å²) < 4.78 is 3.06. The zero-order chi connectivity index (χ0) is 22.4. The van der Waals surface area contributed by atoms with Crippen LogP contribution >= 0.6 is 11.6 Å². The van der Waals surface area contributed by atoms with Crippen LogP contribution in [0.25, 0.3) is 11.3 Å². The van der Waals surface area contributed by atoms with Crippen molar-refractivity contribution in [2.75, 3.05) is 13.6 Å². The Bertz CT molecular complexity index is 962. The van der Waals surface area contributed by atoms with E-state index in [1.807, 2.05) is 27.7 Å². The fourth-order valence-electron chi connectivity index (χ4n) is 3.95. The predicted molar refractivity (Wildman–Crippen MR) is 111 cm³/mol. The van der Waals surface area contributed by atoms with E-state index < -0.39 is 23.6 Å². The van der Waals surface area contributed by atoms with Crippen LogP contribution < -0.4 is 5.32 Å². The summed E-state index contributed by atoms with van der Waals surface area (Å²) in [4.78, 5) is 27.3. The number of aliphatic hydroxyl groups excluding tert-OH is 1. The van der Waals surface area contributed by atoms with E-state index >= 15 is 0 Å². The molecule has 11 heteroatoms. The van der Waals surface area contributed by atoms with Gasteiger partial charge in [-0.25, -0.2) is 4.68 Å². The average Bonchev–Trinajstić information content (AvgIpc) is 3.32. The first-order valence-electron chi connectivity index (χ1n) is 9.77. The zero-order valence-corrected chi connectivity index (χ0v) is 18.8. The molecule has 2 aromatic rings. The van der Waals surface area contributed by atoms with E-state index in [9.17, 15) is 14.7 Å². The highest BCUT2D eigenvalue weighted by atomic mass is 35.5. The van der Waals surface area contributed by atoms with Crippen LogP contribution in [0.4, 0.5) is 0 Å². The van der Waals surface area contributed by atoms with E-state index in [0.29, 0.717) is 22.1 Å². The molecule has 0 aromatic carbocycles. The van der Waals surface area contributed by atoms with Crippen molar-refractivity contribution in [2.45, 2.75) is 52.3 Å². The van der Waals surface area contributed by atoms with E-state index in [4.69, 9.17) is 11.6 Å². The highest BCUT2D eigenvalue weighted by molar-refractivity contribution is 6.32. The second kappa shape index (κ2) is 7.99. The molecule has 1 fully saturated rings. The number of aliphatic hydroxyl groups is 1. The molecule has 1 aliphatic rings. The molecule has 0 saturated carbocycles. The molecular formula is C19H28ClN7O3. The monoisotopic (exact) mass is 437 g/mol. The molecule has 10 nitrogen and oxygen atoms in total. The normalized spacial score (nSPS) is 20.5. The molecule has 0 bridgehead atoms. The van der Waals surface area contributed by atoms with Crippen molar-refractivity contribution in [3.63, 3.8) is 0 Å². The average molecular weight is 438 g/mol. The van der Waals surface area contributed by atoms with Crippen LogP contribution in [0.15, 0.2) is 6.20 Å². The number of likely N-dealkylation sites (N-methyl/N-ethyl adjacent to an activating group) is 1. The first kappa shape index (κ1) is 22.2. The number of β-amino-alcohol motifs (C(OH)–C–C–N with tert-alkyl or cyclic N) is 1. The van der Waals surface area contributed by atoms with Crippen LogP contribution in [0, 0.1) is 12.3 Å². The first-order valence-corrected chi connectivity index (χ1v) is 10.1. The maximum atomic E-state index is 13.6. The molecule has 2 N–H and O–H groups in total. The van der Waals surface area contributed by atoms with Crippen molar-refractivity contribution in [1.29, 1.82) is 0 Å². The third-order valence-electron chi connectivity index (χ3n) is 5.35. The van der Waals surface area contributed by atoms with Gasteiger partial charge >= 0.3 is 0 Å². The third kappa shape index (κ3) is 3.93. The van der Waals surface area contributed by atoms with Crippen LogP contribution in [0.5, 0.6) is 0 Å². The Hall–Kier alpha value is -2.46. The van der Waals surface area contributed by atoms with Gasteiger partial charge in [-0.3, -0.25) is 14.3 Å². The molecule has 0 radical (unpaired) electrons. The number of aromatic nitrogens is 5. The summed E-state index contributed by atoms with van der Waals surface area (Å²) in [6.45, 7) is 7.67. The van der Waals surface area contributed by atoms with Gasteiger partial charge in [-0.05, 0) is 12.3 Å². The van der Waals surface area contributed by atoms with Gasteiger partial charge in [0, 0.05) is 27.1 Å². The van der Waals surface area contributed by atoms with E-state index in [1.165, 1.54) is 16.6 Å². The molecular weight excluding hydrogens is 410 g/mol. The highest BCUT2D eigenvalue weighted by Gasteiger charge is 2.45. The minimum atomic E-state index is -0.750. The number of carbonyl (C=O) groups is 2. The topological polar surface area (TPSA) is 118 Å². The number of aryl methyl sites for hydroxylation is 2. The molecule has 3 heterocycles. The van der Waals surface area contributed by atoms with Gasteiger partial charge in [-0.15, -0.1) is 5.10 Å². The van der Waals surface area contributed by atoms with Crippen LogP contribution in [-0.4, -0.2) is 72.3 Å². The Labute approximate surface area is 180 Å². The second-order valence-electron chi connectivity index (χ2n) is 8.74. The number of rotatable bonds is 4. The van der Waals surface area contributed by atoms with Crippen molar-refractivity contribution in [1.82, 2.24) is 35.0 Å². The lowest BCUT2D eigenvalue weighted by atomic mass is 9.85. The largest absolute Gasteiger partial charge is 0.391 e. The van der Waals surface area contributed by atoms with Gasteiger partial charge in [0.1, 0.15) is 22.9 Å². The summed E-state index contributed by atoms with van der Waals surface area (Å²) in [6, 6.07) is -1.45. The summed E-state index contributed by atoms with van der Waals surface area (Å²) in [5.41, 5.74) is 1.34. The first-order chi connectivity index (χ1) is 14.0. The maximum Gasteiger partial charge on any atom is 0.248 e. The molecule has 2 unspecified atom stereocenters. The van der Waals surface area contributed by atoms with Gasteiger partial charge in [0.15, 0.2) is 0 Å². The molecule has 3 atom stereocenters. The number of carbonyl (C=O) groups excluding carboxylic acids is 2. The van der Waals surface area contributed by atoms with Crippen molar-refractivity contribution in [3.05, 3.63) is 17.0 Å². The molecule has 2 amide bonds. The van der Waals surface area contributed by atoms with E-state index in [2.05, 4.69) is 20.7 Å². The zero-order valence-electron chi connectivity index (χ0n) is 18.0. The minimum Gasteiger partial charge on any atom is -0.391 e. The lowest BCUT2D eigenvalue weighted by molar-refractivity contribution is -0.144. The van der Waals surface area contributed by atoms with Crippen molar-refractivity contribution in [3.8, 4) is 11.3 Å². The number of amides is 2. The molecule has 0 spiro atoms. The van der Waals surface area contributed by atoms with Gasteiger partial charge in [-0.1, -0.05) is 37.6 Å². The lowest BCUT2D eigenvalue weighted by Crippen LogP contribution is -2.49. The SMILES string of the molecule is CNC(=O)C1CC(O)CN1C(=O)[C@@H](n1cc(-c2c(C)nn(C)c2Cl)nn1)C(C)(C)C. The maximum absolute atomic E-state index is 13.6. The number of halogens is 1. The number of hydrogen-bond acceptors (Lipinski definition) is 6. The smallest absolute Gasteiger partial charge is 0.248 e. The van der Waals surface area contributed by atoms with Gasteiger partial charge < -0.3 is 15.3 Å². The Balaban J connectivity index is 1.99. The molecule has 3 rings (SSSR count). The molecule has 1 saturated heterocycles. The van der Waals surface area contributed by atoms with Gasteiger partial charge in [0.25, 0.3) is 0 Å². The quantitative estimate of drug-likeness (QED) is 0.734. The highest BCUT2D eigenvalue weighted by Crippen LogP contribution is 2.36. The van der Waals surface area contributed by atoms with Crippen LogP contribution in [0.3, 0.4) is 0 Å². The number of hydrogen-bond donors (Lipinski definition) is 2. The molecule has 2 aromatic heterocycles. The Morgan fingerprint density at radius 2 is 2.03 bits per heavy atom.